The van der Waals surface area contributed by atoms with Gasteiger partial charge in [-0.2, -0.15) is 0 Å². The first-order chi connectivity index (χ1) is 7.70. The summed E-state index contributed by atoms with van der Waals surface area (Å²) in [7, 11) is 0. The Morgan fingerprint density at radius 3 is 2.62 bits per heavy atom. The molecule has 1 atom stereocenters. The fourth-order valence-corrected chi connectivity index (χ4v) is 2.71. The van der Waals surface area contributed by atoms with Crippen LogP contribution in [0.3, 0.4) is 0 Å². The summed E-state index contributed by atoms with van der Waals surface area (Å²) in [5, 5.41) is 0.983. The van der Waals surface area contributed by atoms with Crippen molar-refractivity contribution in [1.82, 2.24) is 4.90 Å². The smallest absolute Gasteiger partial charge is 0.253 e. The van der Waals surface area contributed by atoms with Gasteiger partial charge in [0.15, 0.2) is 0 Å². The van der Waals surface area contributed by atoms with Crippen molar-refractivity contribution < 1.29 is 4.79 Å². The summed E-state index contributed by atoms with van der Waals surface area (Å²) >= 11 is 6.84. The molecule has 2 nitrogen and oxygen atoms in total. The molecule has 0 spiro atoms. The molecular formula is C12H13Br2NO. The molecule has 1 aromatic rings. The van der Waals surface area contributed by atoms with Crippen molar-refractivity contribution in [3.05, 3.63) is 34.3 Å². The van der Waals surface area contributed by atoms with Gasteiger partial charge in [0.25, 0.3) is 5.91 Å². The second-order valence-corrected chi connectivity index (χ2v) is 5.63. The van der Waals surface area contributed by atoms with Gasteiger partial charge in [-0.15, -0.1) is 0 Å². The van der Waals surface area contributed by atoms with Crippen molar-refractivity contribution in [3.8, 4) is 0 Å². The lowest BCUT2D eigenvalue weighted by Crippen LogP contribution is -2.28. The van der Waals surface area contributed by atoms with Crippen LogP contribution in [0, 0.1) is 5.92 Å². The Morgan fingerprint density at radius 2 is 2.06 bits per heavy atom. The van der Waals surface area contributed by atoms with E-state index in [2.05, 4.69) is 31.9 Å². The van der Waals surface area contributed by atoms with Crippen LogP contribution in [0.5, 0.6) is 0 Å². The molecule has 1 heterocycles. The van der Waals surface area contributed by atoms with Crippen molar-refractivity contribution >= 4 is 37.8 Å². The molecule has 1 aliphatic heterocycles. The Balaban J connectivity index is 2.05. The fourth-order valence-electron chi connectivity index (χ4n) is 1.92. The number of carbonyl (C=O) groups excluding carboxylic acids is 1. The van der Waals surface area contributed by atoms with Gasteiger partial charge in [0.1, 0.15) is 0 Å². The average molecular weight is 347 g/mol. The number of likely N-dealkylation sites (tertiary alicyclic amines) is 1. The third kappa shape index (κ3) is 2.66. The lowest BCUT2D eigenvalue weighted by Gasteiger charge is -2.16. The molecule has 0 aliphatic carbocycles. The second kappa shape index (κ2) is 5.32. The highest BCUT2D eigenvalue weighted by Gasteiger charge is 2.25. The van der Waals surface area contributed by atoms with Crippen LogP contribution in [-0.2, 0) is 0 Å². The van der Waals surface area contributed by atoms with Crippen LogP contribution in [-0.4, -0.2) is 29.2 Å². The zero-order valence-corrected chi connectivity index (χ0v) is 12.0. The molecule has 0 saturated carbocycles. The lowest BCUT2D eigenvalue weighted by atomic mass is 10.2. The molecule has 4 heteroatoms. The zero-order valence-electron chi connectivity index (χ0n) is 8.83. The topological polar surface area (TPSA) is 20.3 Å². The number of rotatable bonds is 2. The number of hydrogen-bond donors (Lipinski definition) is 0. The van der Waals surface area contributed by atoms with Gasteiger partial charge in [-0.05, 0) is 36.6 Å². The predicted molar refractivity (Wildman–Crippen MR) is 71.9 cm³/mol. The number of halogens is 2. The van der Waals surface area contributed by atoms with Crippen LogP contribution >= 0.6 is 31.9 Å². The van der Waals surface area contributed by atoms with Gasteiger partial charge >= 0.3 is 0 Å². The lowest BCUT2D eigenvalue weighted by molar-refractivity contribution is 0.0788. The number of amides is 1. The monoisotopic (exact) mass is 345 g/mol. The fraction of sp³-hybridized carbons (Fsp3) is 0.417. The van der Waals surface area contributed by atoms with Crippen LogP contribution in [0.25, 0.3) is 0 Å². The number of benzene rings is 1. The van der Waals surface area contributed by atoms with E-state index in [1.54, 1.807) is 0 Å². The summed E-state index contributed by atoms with van der Waals surface area (Å²) in [4.78, 5) is 14.1. The Labute approximate surface area is 112 Å². The van der Waals surface area contributed by atoms with Crippen LogP contribution < -0.4 is 0 Å². The maximum atomic E-state index is 12.1. The first-order valence-corrected chi connectivity index (χ1v) is 7.23. The Hall–Kier alpha value is -0.350. The summed E-state index contributed by atoms with van der Waals surface area (Å²) in [6.45, 7) is 1.76. The van der Waals surface area contributed by atoms with Gasteiger partial charge in [0, 0.05) is 28.5 Å². The summed E-state index contributed by atoms with van der Waals surface area (Å²) in [6, 6.07) is 7.55. The third-order valence-electron chi connectivity index (χ3n) is 2.88. The first-order valence-electron chi connectivity index (χ1n) is 5.31. The van der Waals surface area contributed by atoms with E-state index in [1.165, 1.54) is 0 Å². The third-order valence-corrected chi connectivity index (χ3v) is 4.33. The summed E-state index contributed by atoms with van der Waals surface area (Å²) in [5.74, 6) is 0.760. The van der Waals surface area contributed by atoms with E-state index in [0.29, 0.717) is 5.92 Å². The van der Waals surface area contributed by atoms with Crippen LogP contribution in [0.1, 0.15) is 16.8 Å². The summed E-state index contributed by atoms with van der Waals surface area (Å²) in [6.07, 6.45) is 1.10. The van der Waals surface area contributed by atoms with E-state index in [9.17, 15) is 4.79 Å². The molecule has 1 fully saturated rings. The SMILES string of the molecule is O=C(c1ccc(Br)cc1)N1CCC(CBr)C1. The van der Waals surface area contributed by atoms with Crippen molar-refractivity contribution in [3.63, 3.8) is 0 Å². The first kappa shape index (κ1) is 12.1. The van der Waals surface area contributed by atoms with Crippen LogP contribution in [0.4, 0.5) is 0 Å². The van der Waals surface area contributed by atoms with Gasteiger partial charge < -0.3 is 4.90 Å². The molecule has 86 valence electrons. The van der Waals surface area contributed by atoms with E-state index in [-0.39, 0.29) is 5.91 Å². The van der Waals surface area contributed by atoms with E-state index >= 15 is 0 Å². The minimum atomic E-state index is 0.149. The maximum Gasteiger partial charge on any atom is 0.253 e. The van der Waals surface area contributed by atoms with Crippen molar-refractivity contribution in [2.45, 2.75) is 6.42 Å². The predicted octanol–water partition coefficient (Wildman–Crippen LogP) is 3.31. The second-order valence-electron chi connectivity index (χ2n) is 4.07. The molecule has 0 radical (unpaired) electrons. The molecule has 16 heavy (non-hydrogen) atoms. The largest absolute Gasteiger partial charge is 0.338 e. The van der Waals surface area contributed by atoms with Gasteiger partial charge in [-0.1, -0.05) is 31.9 Å². The molecule has 1 amide bonds. The van der Waals surface area contributed by atoms with Crippen molar-refractivity contribution in [2.75, 3.05) is 18.4 Å². The molecular weight excluding hydrogens is 334 g/mol. The molecule has 1 saturated heterocycles. The zero-order chi connectivity index (χ0) is 11.5. The average Bonchev–Trinajstić information content (AvgIpc) is 2.77. The van der Waals surface area contributed by atoms with Crippen molar-refractivity contribution in [1.29, 1.82) is 0 Å². The van der Waals surface area contributed by atoms with Gasteiger partial charge in [-0.3, -0.25) is 4.79 Å². The molecule has 1 aliphatic rings. The van der Waals surface area contributed by atoms with Crippen LogP contribution in [0.15, 0.2) is 28.7 Å². The Bertz CT molecular complexity index is 377. The van der Waals surface area contributed by atoms with Crippen molar-refractivity contribution in [2.24, 2.45) is 5.92 Å². The number of hydrogen-bond acceptors (Lipinski definition) is 1. The van der Waals surface area contributed by atoms with E-state index in [0.717, 1.165) is 34.9 Å². The summed E-state index contributed by atoms with van der Waals surface area (Å²) < 4.78 is 1.00. The van der Waals surface area contributed by atoms with E-state index < -0.39 is 0 Å². The molecule has 2 rings (SSSR count). The minimum Gasteiger partial charge on any atom is -0.338 e. The van der Waals surface area contributed by atoms with Gasteiger partial charge in [0.05, 0.1) is 0 Å². The standard InChI is InChI=1S/C12H13Br2NO/c13-7-9-5-6-15(8-9)12(16)10-1-3-11(14)4-2-10/h1-4,9H,5-8H2. The number of alkyl halides is 1. The van der Waals surface area contributed by atoms with E-state index in [1.807, 2.05) is 29.2 Å². The Kier molecular flexibility index (Phi) is 4.03. The van der Waals surface area contributed by atoms with Gasteiger partial charge in [0.2, 0.25) is 0 Å². The number of nitrogens with zero attached hydrogens (tertiary/aromatic N) is 1. The minimum absolute atomic E-state index is 0.149. The highest BCUT2D eigenvalue weighted by molar-refractivity contribution is 9.10. The molecule has 1 unspecified atom stereocenters. The Morgan fingerprint density at radius 1 is 1.38 bits per heavy atom. The molecule has 0 aromatic heterocycles. The van der Waals surface area contributed by atoms with Crippen LogP contribution in [0.2, 0.25) is 0 Å². The summed E-state index contributed by atoms with van der Waals surface area (Å²) in [5.41, 5.74) is 0.776. The normalized spacial score (nSPS) is 20.1. The molecule has 1 aromatic carbocycles. The highest BCUT2D eigenvalue weighted by Crippen LogP contribution is 2.21. The molecule has 0 bridgehead atoms. The highest BCUT2D eigenvalue weighted by atomic mass is 79.9. The van der Waals surface area contributed by atoms with Gasteiger partial charge in [-0.25, -0.2) is 0 Å². The quantitative estimate of drug-likeness (QED) is 0.752. The maximum absolute atomic E-state index is 12.1. The number of carbonyl (C=O) groups is 1. The molecule has 0 N–H and O–H groups in total. The van der Waals surface area contributed by atoms with E-state index in [4.69, 9.17) is 0 Å².